The molecule has 0 aliphatic carbocycles. The van der Waals surface area contributed by atoms with Gasteiger partial charge in [-0.25, -0.2) is 4.98 Å². The zero-order valence-corrected chi connectivity index (χ0v) is 18.3. The van der Waals surface area contributed by atoms with E-state index in [1.807, 2.05) is 0 Å². The second kappa shape index (κ2) is 11.1. The maximum atomic E-state index is 13.0. The van der Waals surface area contributed by atoms with Crippen molar-refractivity contribution in [2.45, 2.75) is 12.4 Å². The second-order valence-corrected chi connectivity index (χ2v) is 7.15. The Morgan fingerprint density at radius 1 is 1.00 bits per heavy atom. The first-order chi connectivity index (χ1) is 15.9. The van der Waals surface area contributed by atoms with E-state index in [-0.39, 0.29) is 23.0 Å². The number of nitrogens with zero attached hydrogens (tertiary/aromatic N) is 1. The highest BCUT2D eigenvalue weighted by Crippen LogP contribution is 2.38. The number of anilines is 1. The molecule has 6 nitrogen and oxygen atoms in total. The van der Waals surface area contributed by atoms with Crippen LogP contribution >= 0.6 is 11.9 Å². The highest BCUT2D eigenvalue weighted by Gasteiger charge is 2.37. The first-order valence-corrected chi connectivity index (χ1v) is 10.2. The average molecular weight is 503 g/mol. The lowest BCUT2D eigenvalue weighted by atomic mass is 10.0. The first-order valence-electron chi connectivity index (χ1n) is 9.28. The molecule has 1 aromatic heterocycles. The molecule has 0 unspecified atom stereocenters. The molecular formula is C21H19F6N5OS. The Morgan fingerprint density at radius 2 is 1.56 bits per heavy atom. The molecule has 0 radical (unpaired) electrons. The van der Waals surface area contributed by atoms with Crippen molar-refractivity contribution in [2.24, 2.45) is 10.9 Å². The van der Waals surface area contributed by atoms with Crippen molar-refractivity contribution in [3.8, 4) is 22.6 Å². The summed E-state index contributed by atoms with van der Waals surface area (Å²) >= 11 is 0.916. The van der Waals surface area contributed by atoms with Gasteiger partial charge < -0.3 is 16.0 Å². The minimum Gasteiger partial charge on any atom is -0.396 e. The summed E-state index contributed by atoms with van der Waals surface area (Å²) in [5.74, 6) is 0.332. The number of H-pyrrole nitrogens is 1. The molecule has 6 N–H and O–H groups in total. The van der Waals surface area contributed by atoms with Gasteiger partial charge in [-0.3, -0.25) is 9.93 Å². The van der Waals surface area contributed by atoms with Crippen molar-refractivity contribution in [3.05, 3.63) is 70.9 Å². The van der Waals surface area contributed by atoms with Gasteiger partial charge in [0.1, 0.15) is 5.82 Å². The van der Waals surface area contributed by atoms with Crippen LogP contribution in [0.25, 0.3) is 22.6 Å². The fourth-order valence-corrected chi connectivity index (χ4v) is 2.84. The summed E-state index contributed by atoms with van der Waals surface area (Å²) in [6, 6.07) is 8.40. The molecule has 0 amide bonds. The highest BCUT2D eigenvalue weighted by atomic mass is 32.2. The van der Waals surface area contributed by atoms with Crippen molar-refractivity contribution in [2.75, 3.05) is 12.4 Å². The smallest absolute Gasteiger partial charge is 0.396 e. The molecule has 3 aromatic rings. The van der Waals surface area contributed by atoms with Crippen LogP contribution in [-0.4, -0.2) is 23.3 Å². The van der Waals surface area contributed by atoms with Crippen LogP contribution in [0.15, 0.2) is 59.8 Å². The van der Waals surface area contributed by atoms with Gasteiger partial charge in [-0.1, -0.05) is 11.9 Å². The number of imidazole rings is 1. The number of nitrogens with two attached hydrogens (primary N) is 2. The third kappa shape index (κ3) is 7.28. The number of allylic oxidation sites excluding steroid dienone is 1. The molecular weight excluding hydrogens is 484 g/mol. The molecule has 13 heteroatoms. The molecule has 0 fully saturated rings. The highest BCUT2D eigenvalue weighted by molar-refractivity contribution is 8.00. The number of halogens is 6. The monoisotopic (exact) mass is 503 g/mol. The molecule has 0 saturated carbocycles. The van der Waals surface area contributed by atoms with Crippen LogP contribution in [0.2, 0.25) is 0 Å². The Bertz CT molecular complexity index is 1110. The summed E-state index contributed by atoms with van der Waals surface area (Å²) in [5, 5.41) is 9.21. The summed E-state index contributed by atoms with van der Waals surface area (Å²) < 4.78 is 78.0. The second-order valence-electron chi connectivity index (χ2n) is 6.64. The van der Waals surface area contributed by atoms with Crippen molar-refractivity contribution < 1.29 is 31.1 Å². The predicted octanol–water partition coefficient (Wildman–Crippen LogP) is 5.42. The number of aromatic amines is 1. The maximum absolute atomic E-state index is 13.0. The summed E-state index contributed by atoms with van der Waals surface area (Å²) in [4.78, 5) is 16.5. The van der Waals surface area contributed by atoms with Crippen LogP contribution in [0.5, 0.6) is 0 Å². The molecule has 1 heterocycles. The molecule has 0 aliphatic rings. The summed E-state index contributed by atoms with van der Waals surface area (Å²) in [6.07, 6.45) is -8.06. The van der Waals surface area contributed by atoms with E-state index >= 15 is 0 Å². The number of carbonyl (C=O) groups excluding carboxylic acids is 1. The van der Waals surface area contributed by atoms with E-state index in [0.29, 0.717) is 29.8 Å². The van der Waals surface area contributed by atoms with Crippen molar-refractivity contribution in [1.82, 2.24) is 9.97 Å². The van der Waals surface area contributed by atoms with Gasteiger partial charge in [-0.2, -0.15) is 26.3 Å². The van der Waals surface area contributed by atoms with Crippen LogP contribution in [0, 0.1) is 0 Å². The molecule has 0 atom stereocenters. The summed E-state index contributed by atoms with van der Waals surface area (Å²) in [7, 11) is 1.74. The van der Waals surface area contributed by atoms with Crippen LogP contribution in [0.1, 0.15) is 11.1 Å². The number of carbonyl (C=O) groups is 1. The number of aromatic nitrogens is 2. The molecule has 34 heavy (non-hydrogen) atoms. The van der Waals surface area contributed by atoms with Gasteiger partial charge in [0.05, 0.1) is 28.7 Å². The molecule has 2 aromatic carbocycles. The van der Waals surface area contributed by atoms with Crippen LogP contribution in [0.3, 0.4) is 0 Å². The largest absolute Gasteiger partial charge is 0.416 e. The molecule has 0 bridgehead atoms. The minimum atomic E-state index is -4.90. The zero-order chi connectivity index (χ0) is 25.5. The van der Waals surface area contributed by atoms with Gasteiger partial charge in [-0.05, 0) is 42.5 Å². The third-order valence-electron chi connectivity index (χ3n) is 4.26. The molecule has 0 aliphatic heterocycles. The van der Waals surface area contributed by atoms with E-state index < -0.39 is 23.5 Å². The van der Waals surface area contributed by atoms with Gasteiger partial charge in [0.15, 0.2) is 6.29 Å². The van der Waals surface area contributed by atoms with Gasteiger partial charge in [-0.15, -0.1) is 0 Å². The third-order valence-corrected chi connectivity index (χ3v) is 4.67. The van der Waals surface area contributed by atoms with E-state index in [1.54, 1.807) is 31.3 Å². The SMILES string of the molecule is CNc1ccc(-c2ncc(-c3cc(C(F)(F)F)cc(C(F)(F)F)c3)[nH]2)cc1.NS/C=C(\N)C=O. The number of benzene rings is 2. The Labute approximate surface area is 194 Å². The van der Waals surface area contributed by atoms with Crippen LogP contribution < -0.4 is 16.2 Å². The van der Waals surface area contributed by atoms with Crippen molar-refractivity contribution in [3.63, 3.8) is 0 Å². The van der Waals surface area contributed by atoms with E-state index in [4.69, 9.17) is 10.9 Å². The Morgan fingerprint density at radius 3 is 1.97 bits per heavy atom. The van der Waals surface area contributed by atoms with E-state index in [2.05, 4.69) is 15.3 Å². The van der Waals surface area contributed by atoms with Gasteiger partial charge in [0.25, 0.3) is 0 Å². The number of aldehydes is 1. The lowest BCUT2D eigenvalue weighted by molar-refractivity contribution is -0.143. The number of rotatable bonds is 5. The van der Waals surface area contributed by atoms with Gasteiger partial charge in [0, 0.05) is 29.3 Å². The molecule has 182 valence electrons. The van der Waals surface area contributed by atoms with E-state index in [1.165, 1.54) is 11.6 Å². The molecule has 0 saturated heterocycles. The normalized spacial score (nSPS) is 12.1. The van der Waals surface area contributed by atoms with Gasteiger partial charge >= 0.3 is 12.4 Å². The quantitative estimate of drug-likeness (QED) is 0.160. The molecule has 3 rings (SSSR count). The lowest BCUT2D eigenvalue weighted by Gasteiger charge is -2.13. The maximum Gasteiger partial charge on any atom is 0.416 e. The average Bonchev–Trinajstić information content (AvgIpc) is 3.28. The zero-order valence-electron chi connectivity index (χ0n) is 17.5. The van der Waals surface area contributed by atoms with Crippen LogP contribution in [-0.2, 0) is 17.1 Å². The Balaban J connectivity index is 0.000000509. The summed E-state index contributed by atoms with van der Waals surface area (Å²) in [6.45, 7) is 0. The summed E-state index contributed by atoms with van der Waals surface area (Å²) in [5.41, 5.74) is 3.68. The standard InChI is InChI=1S/C18H13F6N3.C3H6N2OS/c1-25-14-4-2-10(3-5-14)16-26-9-15(27-16)11-6-12(17(19,20)21)8-13(7-11)18(22,23)24;4-3(1-6)2-7-5/h2-9,25H,1H3,(H,26,27);1-2H,4-5H2/b;3-2-. The van der Waals surface area contributed by atoms with Crippen LogP contribution in [0.4, 0.5) is 32.0 Å². The lowest BCUT2D eigenvalue weighted by Crippen LogP contribution is -2.11. The molecule has 0 spiro atoms. The van der Waals surface area contributed by atoms with E-state index in [9.17, 15) is 31.1 Å². The number of hydrogen-bond donors (Lipinski definition) is 4. The number of hydrogen-bond acceptors (Lipinski definition) is 6. The van der Waals surface area contributed by atoms with Crippen molar-refractivity contribution >= 4 is 23.9 Å². The van der Waals surface area contributed by atoms with E-state index in [0.717, 1.165) is 17.6 Å². The minimum absolute atomic E-state index is 0.0549. The van der Waals surface area contributed by atoms with Crippen molar-refractivity contribution in [1.29, 1.82) is 0 Å². The Hall–Kier alpha value is -3.45. The Kier molecular flexibility index (Phi) is 8.76. The first kappa shape index (κ1) is 26.8. The fourth-order valence-electron chi connectivity index (χ4n) is 2.63. The topological polar surface area (TPSA) is 110 Å². The number of alkyl halides is 6. The van der Waals surface area contributed by atoms with Gasteiger partial charge in [0.2, 0.25) is 0 Å². The number of nitrogens with one attached hydrogen (secondary N) is 2. The fraction of sp³-hybridized carbons (Fsp3) is 0.143. The predicted molar refractivity (Wildman–Crippen MR) is 119 cm³/mol.